The van der Waals surface area contributed by atoms with E-state index < -0.39 is 0 Å². The first kappa shape index (κ1) is 7.43. The minimum atomic E-state index is 0.572. The first-order chi connectivity index (χ1) is 6.32. The van der Waals surface area contributed by atoms with Gasteiger partial charge in [-0.2, -0.15) is 0 Å². The van der Waals surface area contributed by atoms with Gasteiger partial charge in [0.15, 0.2) is 0 Å². The maximum Gasteiger partial charge on any atom is 0.0349 e. The van der Waals surface area contributed by atoms with Crippen LogP contribution in [0.5, 0.6) is 0 Å². The van der Waals surface area contributed by atoms with Crippen molar-refractivity contribution in [1.29, 1.82) is 0 Å². The number of nitrogens with two attached hydrogens (primary N) is 1. The van der Waals surface area contributed by atoms with Gasteiger partial charge in [-0.05, 0) is 54.7 Å². The predicted octanol–water partition coefficient (Wildman–Crippen LogP) is 2.64. The smallest absolute Gasteiger partial charge is 0.0349 e. The zero-order chi connectivity index (χ0) is 8.89. The number of nitrogen functional groups attached to an aromatic ring is 1. The molecule has 0 atom stereocenters. The van der Waals surface area contributed by atoms with Crippen LogP contribution in [-0.4, -0.2) is 0 Å². The average molecular weight is 173 g/mol. The van der Waals surface area contributed by atoms with Crippen molar-refractivity contribution in [3.05, 3.63) is 29.3 Å². The molecule has 0 amide bonds. The van der Waals surface area contributed by atoms with E-state index in [1.54, 1.807) is 5.56 Å². The van der Waals surface area contributed by atoms with Crippen LogP contribution in [0.1, 0.15) is 36.8 Å². The molecule has 3 rings (SSSR count). The Bertz CT molecular complexity index is 350. The Morgan fingerprint density at radius 2 is 2.00 bits per heavy atom. The third-order valence-electron chi connectivity index (χ3n) is 3.72. The lowest BCUT2D eigenvalue weighted by atomic mass is 9.79. The van der Waals surface area contributed by atoms with Crippen molar-refractivity contribution in [2.45, 2.75) is 37.5 Å². The highest BCUT2D eigenvalue weighted by Crippen LogP contribution is 2.55. The van der Waals surface area contributed by atoms with E-state index >= 15 is 0 Å². The topological polar surface area (TPSA) is 26.0 Å². The summed E-state index contributed by atoms with van der Waals surface area (Å²) in [4.78, 5) is 0. The van der Waals surface area contributed by atoms with Gasteiger partial charge in [0.2, 0.25) is 0 Å². The maximum atomic E-state index is 5.99. The molecule has 0 heterocycles. The lowest BCUT2D eigenvalue weighted by Crippen LogP contribution is -2.17. The molecule has 1 nitrogen and oxygen atoms in total. The van der Waals surface area contributed by atoms with Gasteiger partial charge < -0.3 is 5.73 Å². The fraction of sp³-hybridized carbons (Fsp3) is 0.500. The Hall–Kier alpha value is -0.980. The van der Waals surface area contributed by atoms with Crippen molar-refractivity contribution >= 4 is 5.69 Å². The molecule has 0 radical (unpaired) electrons. The standard InChI is InChI=1S/C12H15N/c13-11-5-1-4-10-9(11)3-2-6-12(10)7-8-12/h1,4-5H,2-3,6-8,13H2. The number of anilines is 1. The maximum absolute atomic E-state index is 5.99. The van der Waals surface area contributed by atoms with Crippen molar-refractivity contribution in [2.75, 3.05) is 5.73 Å². The van der Waals surface area contributed by atoms with Crippen LogP contribution in [0.3, 0.4) is 0 Å². The van der Waals surface area contributed by atoms with Gasteiger partial charge in [-0.1, -0.05) is 12.1 Å². The second-order valence-corrected chi connectivity index (χ2v) is 4.51. The third kappa shape index (κ3) is 0.932. The van der Waals surface area contributed by atoms with E-state index in [2.05, 4.69) is 12.1 Å². The summed E-state index contributed by atoms with van der Waals surface area (Å²) in [5.41, 5.74) is 10.6. The zero-order valence-corrected chi connectivity index (χ0v) is 7.84. The van der Waals surface area contributed by atoms with Gasteiger partial charge in [-0.15, -0.1) is 0 Å². The molecule has 0 unspecified atom stereocenters. The van der Waals surface area contributed by atoms with E-state index in [1.165, 1.54) is 37.7 Å². The number of fused-ring (bicyclic) bond motifs is 2. The summed E-state index contributed by atoms with van der Waals surface area (Å²) in [7, 11) is 0. The van der Waals surface area contributed by atoms with E-state index in [4.69, 9.17) is 5.73 Å². The van der Waals surface area contributed by atoms with E-state index in [9.17, 15) is 0 Å². The van der Waals surface area contributed by atoms with Crippen molar-refractivity contribution in [3.8, 4) is 0 Å². The molecule has 1 spiro atoms. The van der Waals surface area contributed by atoms with Crippen LogP contribution in [0.2, 0.25) is 0 Å². The van der Waals surface area contributed by atoms with Crippen molar-refractivity contribution < 1.29 is 0 Å². The summed E-state index contributed by atoms with van der Waals surface area (Å²) < 4.78 is 0. The van der Waals surface area contributed by atoms with Gasteiger partial charge in [0, 0.05) is 5.69 Å². The summed E-state index contributed by atoms with van der Waals surface area (Å²) in [6.07, 6.45) is 6.71. The second-order valence-electron chi connectivity index (χ2n) is 4.51. The SMILES string of the molecule is Nc1cccc2c1CCCC21CC1. The quantitative estimate of drug-likeness (QED) is 0.600. The molecule has 1 saturated carbocycles. The number of rotatable bonds is 0. The molecular formula is C12H15N. The molecule has 1 fully saturated rings. The van der Waals surface area contributed by atoms with Gasteiger partial charge in [0.25, 0.3) is 0 Å². The van der Waals surface area contributed by atoms with E-state index in [1.807, 2.05) is 6.07 Å². The van der Waals surface area contributed by atoms with Gasteiger partial charge in [0.1, 0.15) is 0 Å². The molecule has 2 N–H and O–H groups in total. The molecule has 2 aliphatic carbocycles. The first-order valence-corrected chi connectivity index (χ1v) is 5.20. The summed E-state index contributed by atoms with van der Waals surface area (Å²) in [6.45, 7) is 0. The molecular weight excluding hydrogens is 158 g/mol. The fourth-order valence-electron chi connectivity index (χ4n) is 2.79. The van der Waals surface area contributed by atoms with Gasteiger partial charge in [-0.25, -0.2) is 0 Å². The molecule has 1 heteroatoms. The zero-order valence-electron chi connectivity index (χ0n) is 7.84. The minimum Gasteiger partial charge on any atom is -0.398 e. The van der Waals surface area contributed by atoms with Crippen LogP contribution in [0, 0.1) is 0 Å². The van der Waals surface area contributed by atoms with Gasteiger partial charge >= 0.3 is 0 Å². The number of hydrogen-bond acceptors (Lipinski definition) is 1. The average Bonchev–Trinajstić information content (AvgIpc) is 2.89. The van der Waals surface area contributed by atoms with E-state index in [0.717, 1.165) is 5.69 Å². The Kier molecular flexibility index (Phi) is 1.30. The van der Waals surface area contributed by atoms with Gasteiger partial charge in [-0.3, -0.25) is 0 Å². The van der Waals surface area contributed by atoms with Crippen LogP contribution < -0.4 is 5.73 Å². The normalized spacial score (nSPS) is 22.8. The summed E-state index contributed by atoms with van der Waals surface area (Å²) in [5.74, 6) is 0. The summed E-state index contributed by atoms with van der Waals surface area (Å²) >= 11 is 0. The Labute approximate surface area is 78.9 Å². The van der Waals surface area contributed by atoms with E-state index in [-0.39, 0.29) is 0 Å². The number of benzene rings is 1. The fourth-order valence-corrected chi connectivity index (χ4v) is 2.79. The highest BCUT2D eigenvalue weighted by Gasteiger charge is 2.46. The highest BCUT2D eigenvalue weighted by molar-refractivity contribution is 5.55. The molecule has 2 aliphatic rings. The molecule has 0 saturated heterocycles. The van der Waals surface area contributed by atoms with Crippen LogP contribution in [0.25, 0.3) is 0 Å². The Morgan fingerprint density at radius 3 is 2.77 bits per heavy atom. The molecule has 68 valence electrons. The molecule has 13 heavy (non-hydrogen) atoms. The third-order valence-corrected chi connectivity index (χ3v) is 3.72. The summed E-state index contributed by atoms with van der Waals surface area (Å²) in [5, 5.41) is 0. The lowest BCUT2D eigenvalue weighted by Gasteiger charge is -2.26. The lowest BCUT2D eigenvalue weighted by molar-refractivity contribution is 0.543. The van der Waals surface area contributed by atoms with Crippen LogP contribution in [-0.2, 0) is 11.8 Å². The van der Waals surface area contributed by atoms with E-state index in [0.29, 0.717) is 5.41 Å². The molecule has 0 bridgehead atoms. The van der Waals surface area contributed by atoms with Crippen molar-refractivity contribution in [1.82, 2.24) is 0 Å². The summed E-state index contributed by atoms with van der Waals surface area (Å²) in [6, 6.07) is 6.44. The molecule has 0 aliphatic heterocycles. The van der Waals surface area contributed by atoms with Crippen LogP contribution >= 0.6 is 0 Å². The molecule has 0 aromatic heterocycles. The van der Waals surface area contributed by atoms with Crippen molar-refractivity contribution in [3.63, 3.8) is 0 Å². The van der Waals surface area contributed by atoms with Crippen molar-refractivity contribution in [2.24, 2.45) is 0 Å². The molecule has 1 aromatic rings. The first-order valence-electron chi connectivity index (χ1n) is 5.20. The van der Waals surface area contributed by atoms with Crippen LogP contribution in [0.15, 0.2) is 18.2 Å². The predicted molar refractivity (Wildman–Crippen MR) is 54.7 cm³/mol. The van der Waals surface area contributed by atoms with Gasteiger partial charge in [0.05, 0.1) is 0 Å². The minimum absolute atomic E-state index is 0.572. The Balaban J connectivity index is 2.19. The molecule has 1 aromatic carbocycles. The van der Waals surface area contributed by atoms with Crippen LogP contribution in [0.4, 0.5) is 5.69 Å². The monoisotopic (exact) mass is 173 g/mol. The number of hydrogen-bond donors (Lipinski definition) is 1. The largest absolute Gasteiger partial charge is 0.398 e. The second kappa shape index (κ2) is 2.28. The highest BCUT2D eigenvalue weighted by atomic mass is 14.6. The Morgan fingerprint density at radius 1 is 1.15 bits per heavy atom.